The van der Waals surface area contributed by atoms with Gasteiger partial charge in [-0.15, -0.1) is 0 Å². The molecule has 182 valence electrons. The number of nitrogens with one attached hydrogen (secondary N) is 2. The van der Waals surface area contributed by atoms with Crippen LogP contribution >= 0.6 is 0 Å². The predicted octanol–water partition coefficient (Wildman–Crippen LogP) is 3.93. The zero-order chi connectivity index (χ0) is 24.2. The van der Waals surface area contributed by atoms with E-state index in [2.05, 4.69) is 17.6 Å². The highest BCUT2D eigenvalue weighted by Gasteiger charge is 2.70. The van der Waals surface area contributed by atoms with E-state index in [-0.39, 0.29) is 29.8 Å². The fraction of sp³-hybridized carbons (Fsp3) is 0.483. The number of hydrogen-bond acceptors (Lipinski definition) is 4. The average molecular weight is 472 g/mol. The van der Waals surface area contributed by atoms with Crippen LogP contribution in [0.15, 0.2) is 48.5 Å². The van der Waals surface area contributed by atoms with Crippen LogP contribution in [0.1, 0.15) is 62.1 Å². The van der Waals surface area contributed by atoms with Gasteiger partial charge in [-0.05, 0) is 36.8 Å². The Hall–Kier alpha value is -2.99. The van der Waals surface area contributed by atoms with Crippen LogP contribution in [0.25, 0.3) is 0 Å². The van der Waals surface area contributed by atoms with Gasteiger partial charge in [0, 0.05) is 23.3 Å². The SMILES string of the molecule is CCc1cccc2c1NC(=O)[C@@]21N[C@H](Cc2ccccc2)[C@H]2C(=O)N(C3CCCCCC3)C(=O)[C@@H]21. The van der Waals surface area contributed by atoms with Crippen molar-refractivity contribution in [2.24, 2.45) is 11.8 Å². The third-order valence-corrected chi connectivity index (χ3v) is 8.74. The molecule has 0 unspecified atom stereocenters. The van der Waals surface area contributed by atoms with Gasteiger partial charge >= 0.3 is 0 Å². The van der Waals surface area contributed by atoms with Crippen LogP contribution in [-0.4, -0.2) is 34.7 Å². The van der Waals surface area contributed by atoms with E-state index >= 15 is 0 Å². The Kier molecular flexibility index (Phi) is 5.52. The second-order valence-electron chi connectivity index (χ2n) is 10.6. The number of fused-ring (bicyclic) bond motifs is 4. The fourth-order valence-corrected chi connectivity index (χ4v) is 7.13. The molecule has 4 aliphatic rings. The van der Waals surface area contributed by atoms with Crippen LogP contribution in [0.4, 0.5) is 5.69 Å². The molecule has 4 atom stereocenters. The maximum absolute atomic E-state index is 14.2. The lowest BCUT2D eigenvalue weighted by Crippen LogP contribution is -2.54. The molecule has 2 aromatic carbocycles. The summed E-state index contributed by atoms with van der Waals surface area (Å²) in [6.07, 6.45) is 7.48. The molecule has 1 aliphatic carbocycles. The molecule has 0 bridgehead atoms. The molecule has 2 aromatic rings. The minimum Gasteiger partial charge on any atom is -0.324 e. The van der Waals surface area contributed by atoms with Gasteiger partial charge in [-0.2, -0.15) is 0 Å². The van der Waals surface area contributed by atoms with Crippen molar-refractivity contribution in [3.05, 3.63) is 65.2 Å². The molecule has 0 aromatic heterocycles. The lowest BCUT2D eigenvalue weighted by molar-refractivity contribution is -0.145. The van der Waals surface area contributed by atoms with Gasteiger partial charge < -0.3 is 5.32 Å². The monoisotopic (exact) mass is 471 g/mol. The maximum Gasteiger partial charge on any atom is 0.250 e. The summed E-state index contributed by atoms with van der Waals surface area (Å²) in [5, 5.41) is 6.69. The zero-order valence-corrected chi connectivity index (χ0v) is 20.3. The molecule has 3 fully saturated rings. The molecule has 6 rings (SSSR count). The highest BCUT2D eigenvalue weighted by atomic mass is 16.2. The second-order valence-corrected chi connectivity index (χ2v) is 10.6. The minimum atomic E-state index is -1.21. The first-order valence-electron chi connectivity index (χ1n) is 13.2. The number of imide groups is 1. The number of benzene rings is 2. The molecule has 1 spiro atoms. The van der Waals surface area contributed by atoms with Gasteiger partial charge in [-0.3, -0.25) is 24.6 Å². The van der Waals surface area contributed by atoms with Crippen LogP contribution in [0, 0.1) is 11.8 Å². The predicted molar refractivity (Wildman–Crippen MR) is 134 cm³/mol. The summed E-state index contributed by atoms with van der Waals surface area (Å²) in [5.74, 6) is -1.74. The van der Waals surface area contributed by atoms with Crippen LogP contribution in [-0.2, 0) is 32.8 Å². The number of carbonyl (C=O) groups is 3. The topological polar surface area (TPSA) is 78.5 Å². The molecule has 6 nitrogen and oxygen atoms in total. The molecule has 3 heterocycles. The number of rotatable bonds is 4. The molecule has 3 aliphatic heterocycles. The first kappa shape index (κ1) is 22.5. The van der Waals surface area contributed by atoms with Crippen molar-refractivity contribution in [2.45, 2.75) is 75.9 Å². The second kappa shape index (κ2) is 8.59. The highest BCUT2D eigenvalue weighted by Crippen LogP contribution is 2.54. The molecule has 3 amide bonds. The van der Waals surface area contributed by atoms with E-state index < -0.39 is 17.4 Å². The first-order valence-corrected chi connectivity index (χ1v) is 13.2. The van der Waals surface area contributed by atoms with Gasteiger partial charge in [-0.25, -0.2) is 0 Å². The Morgan fingerprint density at radius 3 is 2.37 bits per heavy atom. The number of aryl methyl sites for hydroxylation is 1. The third kappa shape index (κ3) is 3.29. The summed E-state index contributed by atoms with van der Waals surface area (Å²) in [6, 6.07) is 15.6. The molecule has 35 heavy (non-hydrogen) atoms. The van der Waals surface area contributed by atoms with E-state index in [1.165, 1.54) is 0 Å². The molecular weight excluding hydrogens is 438 g/mol. The van der Waals surface area contributed by atoms with Gasteiger partial charge in [-0.1, -0.05) is 81.1 Å². The van der Waals surface area contributed by atoms with E-state index in [1.807, 2.05) is 48.5 Å². The quantitative estimate of drug-likeness (QED) is 0.523. The van der Waals surface area contributed by atoms with Gasteiger partial charge in [0.15, 0.2) is 0 Å². The van der Waals surface area contributed by atoms with Crippen molar-refractivity contribution in [2.75, 3.05) is 5.32 Å². The number of likely N-dealkylation sites (tertiary alicyclic amines) is 1. The number of para-hydroxylation sites is 1. The van der Waals surface area contributed by atoms with E-state index in [4.69, 9.17) is 0 Å². The summed E-state index contributed by atoms with van der Waals surface area (Å²) in [5.41, 5.74) is 2.55. The van der Waals surface area contributed by atoms with Crippen LogP contribution in [0.2, 0.25) is 0 Å². The highest BCUT2D eigenvalue weighted by molar-refractivity contribution is 6.15. The summed E-state index contributed by atoms with van der Waals surface area (Å²) in [7, 11) is 0. The standard InChI is InChI=1S/C29H33N3O3/c1-2-19-13-10-16-21-25(19)30-28(35)29(21)24-23(22(31-29)17-18-11-6-5-7-12-18)26(33)32(27(24)34)20-14-8-3-4-9-15-20/h5-7,10-13,16,20,22-24,31H,2-4,8-9,14-15,17H2,1H3,(H,30,35)/t22-,23-,24-,29-/m1/s1. The summed E-state index contributed by atoms with van der Waals surface area (Å²) in [4.78, 5) is 43.6. The van der Waals surface area contributed by atoms with Crippen molar-refractivity contribution < 1.29 is 14.4 Å². The lowest BCUT2D eigenvalue weighted by atomic mass is 9.76. The number of anilines is 1. The van der Waals surface area contributed by atoms with Crippen LogP contribution < -0.4 is 10.6 Å². The van der Waals surface area contributed by atoms with Gasteiger partial charge in [0.25, 0.3) is 0 Å². The number of nitrogens with zero attached hydrogens (tertiary/aromatic N) is 1. The largest absolute Gasteiger partial charge is 0.324 e. The third-order valence-electron chi connectivity index (χ3n) is 8.74. The van der Waals surface area contributed by atoms with Crippen molar-refractivity contribution in [1.29, 1.82) is 0 Å². The smallest absolute Gasteiger partial charge is 0.250 e. The maximum atomic E-state index is 14.2. The molecule has 2 saturated heterocycles. The Balaban J connectivity index is 1.46. The fourth-order valence-electron chi connectivity index (χ4n) is 7.13. The van der Waals surface area contributed by atoms with E-state index in [9.17, 15) is 14.4 Å². The molecular formula is C29H33N3O3. The Morgan fingerprint density at radius 1 is 0.914 bits per heavy atom. The normalized spacial score (nSPS) is 30.5. The minimum absolute atomic E-state index is 0.0524. The zero-order valence-electron chi connectivity index (χ0n) is 20.3. The van der Waals surface area contributed by atoms with Crippen molar-refractivity contribution in [3.8, 4) is 0 Å². The lowest BCUT2D eigenvalue weighted by Gasteiger charge is -2.32. The first-order chi connectivity index (χ1) is 17.1. The number of carbonyl (C=O) groups excluding carboxylic acids is 3. The number of hydrogen-bond donors (Lipinski definition) is 2. The Bertz CT molecular complexity index is 1170. The summed E-state index contributed by atoms with van der Waals surface area (Å²) >= 11 is 0. The Labute approximate surface area is 206 Å². The molecule has 1 saturated carbocycles. The van der Waals surface area contributed by atoms with E-state index in [0.29, 0.717) is 6.42 Å². The van der Waals surface area contributed by atoms with Crippen LogP contribution in [0.5, 0.6) is 0 Å². The molecule has 2 N–H and O–H groups in total. The summed E-state index contributed by atoms with van der Waals surface area (Å²) < 4.78 is 0. The van der Waals surface area contributed by atoms with E-state index in [1.54, 1.807) is 4.90 Å². The van der Waals surface area contributed by atoms with E-state index in [0.717, 1.165) is 67.3 Å². The molecule has 6 heteroatoms. The Morgan fingerprint density at radius 2 is 1.66 bits per heavy atom. The van der Waals surface area contributed by atoms with Crippen LogP contribution in [0.3, 0.4) is 0 Å². The van der Waals surface area contributed by atoms with Crippen molar-refractivity contribution in [3.63, 3.8) is 0 Å². The molecule has 0 radical (unpaired) electrons. The van der Waals surface area contributed by atoms with Gasteiger partial charge in [0.2, 0.25) is 17.7 Å². The van der Waals surface area contributed by atoms with Crippen molar-refractivity contribution in [1.82, 2.24) is 10.2 Å². The van der Waals surface area contributed by atoms with Gasteiger partial charge in [0.05, 0.1) is 11.8 Å². The van der Waals surface area contributed by atoms with Gasteiger partial charge in [0.1, 0.15) is 5.54 Å². The number of amides is 3. The average Bonchev–Trinajstić information content (AvgIpc) is 3.33. The van der Waals surface area contributed by atoms with Crippen molar-refractivity contribution >= 4 is 23.4 Å². The summed E-state index contributed by atoms with van der Waals surface area (Å²) in [6.45, 7) is 2.06.